The van der Waals surface area contributed by atoms with Crippen LogP contribution in [0.5, 0.6) is 11.5 Å². The summed E-state index contributed by atoms with van der Waals surface area (Å²) in [5.74, 6) is 4.52. The van der Waals surface area contributed by atoms with E-state index >= 15 is 0 Å². The number of aryl methyl sites for hydroxylation is 1. The van der Waals surface area contributed by atoms with E-state index in [1.54, 1.807) is 14.2 Å². The van der Waals surface area contributed by atoms with Crippen molar-refractivity contribution in [3.05, 3.63) is 35.4 Å². The number of nitrogens with zero attached hydrogens (tertiary/aromatic N) is 5. The van der Waals surface area contributed by atoms with Gasteiger partial charge in [0.25, 0.3) is 0 Å². The highest BCUT2D eigenvalue weighted by Crippen LogP contribution is 2.24. The molecule has 31 heavy (non-hydrogen) atoms. The second kappa shape index (κ2) is 10.00. The summed E-state index contributed by atoms with van der Waals surface area (Å²) < 4.78 is 13.0. The smallest absolute Gasteiger partial charge is 0.191 e. The van der Waals surface area contributed by atoms with E-state index < -0.39 is 0 Å². The Morgan fingerprint density at radius 3 is 2.71 bits per heavy atom. The van der Waals surface area contributed by atoms with Crippen LogP contribution in [0, 0.1) is 0 Å². The number of likely N-dealkylation sites (tertiary alicyclic amines) is 1. The van der Waals surface area contributed by atoms with E-state index in [2.05, 4.69) is 49.4 Å². The molecule has 9 heteroatoms. The van der Waals surface area contributed by atoms with E-state index in [1.807, 2.05) is 6.07 Å². The van der Waals surface area contributed by atoms with Crippen LogP contribution >= 0.6 is 0 Å². The fourth-order valence-corrected chi connectivity index (χ4v) is 4.30. The van der Waals surface area contributed by atoms with Crippen molar-refractivity contribution in [3.63, 3.8) is 0 Å². The van der Waals surface area contributed by atoms with Gasteiger partial charge in [-0.3, -0.25) is 4.90 Å². The van der Waals surface area contributed by atoms with E-state index in [1.165, 1.54) is 5.56 Å². The lowest BCUT2D eigenvalue weighted by atomic mass is 10.2. The summed E-state index contributed by atoms with van der Waals surface area (Å²) >= 11 is 0. The molecule has 168 valence electrons. The van der Waals surface area contributed by atoms with Crippen molar-refractivity contribution in [2.75, 3.05) is 33.9 Å². The molecule has 0 radical (unpaired) electrons. The average Bonchev–Trinajstić information content (AvgIpc) is 3.50. The number of hydrogen-bond acceptors (Lipinski definition) is 6. The summed E-state index contributed by atoms with van der Waals surface area (Å²) in [6.07, 6.45) is 3.24. The summed E-state index contributed by atoms with van der Waals surface area (Å²) in [4.78, 5) is 7.22. The van der Waals surface area contributed by atoms with Gasteiger partial charge in [-0.05, 0) is 37.5 Å². The normalized spacial score (nSPS) is 18.8. The van der Waals surface area contributed by atoms with Gasteiger partial charge in [0, 0.05) is 51.3 Å². The van der Waals surface area contributed by atoms with Gasteiger partial charge in [-0.25, -0.2) is 4.99 Å². The van der Waals surface area contributed by atoms with Gasteiger partial charge in [0.05, 0.1) is 14.2 Å². The SMILES string of the molecule is CCNC(=NCc1nnc2n1CCC2)NC1CCN(Cc2cc(OC)cc(OC)c2)C1. The Labute approximate surface area is 183 Å². The predicted molar refractivity (Wildman–Crippen MR) is 120 cm³/mol. The van der Waals surface area contributed by atoms with E-state index in [-0.39, 0.29) is 0 Å². The monoisotopic (exact) mass is 427 g/mol. The lowest BCUT2D eigenvalue weighted by Gasteiger charge is -2.19. The number of aromatic nitrogens is 3. The van der Waals surface area contributed by atoms with Gasteiger partial charge in [-0.1, -0.05) is 0 Å². The maximum atomic E-state index is 5.40. The zero-order chi connectivity index (χ0) is 21.6. The van der Waals surface area contributed by atoms with Crippen LogP contribution in [0.1, 0.15) is 37.0 Å². The number of rotatable bonds is 8. The fraction of sp³-hybridized carbons (Fsp3) is 0.591. The molecule has 1 aromatic carbocycles. The molecule has 2 N–H and O–H groups in total. The fourth-order valence-electron chi connectivity index (χ4n) is 4.30. The molecule has 2 aliphatic heterocycles. The van der Waals surface area contributed by atoms with Gasteiger partial charge in [0.2, 0.25) is 0 Å². The molecule has 1 atom stereocenters. The molecule has 0 amide bonds. The van der Waals surface area contributed by atoms with Crippen LogP contribution < -0.4 is 20.1 Å². The van der Waals surface area contributed by atoms with Crippen molar-refractivity contribution >= 4 is 5.96 Å². The van der Waals surface area contributed by atoms with Gasteiger partial charge < -0.3 is 24.7 Å². The maximum absolute atomic E-state index is 5.40. The molecule has 3 heterocycles. The minimum atomic E-state index is 0.356. The lowest BCUT2D eigenvalue weighted by Crippen LogP contribution is -2.44. The molecule has 0 spiro atoms. The Hall–Kier alpha value is -2.81. The summed E-state index contributed by atoms with van der Waals surface area (Å²) in [6, 6.07) is 6.41. The van der Waals surface area contributed by atoms with Gasteiger partial charge in [0.1, 0.15) is 23.9 Å². The zero-order valence-electron chi connectivity index (χ0n) is 18.7. The van der Waals surface area contributed by atoms with Crippen molar-refractivity contribution < 1.29 is 9.47 Å². The first kappa shape index (κ1) is 21.4. The Morgan fingerprint density at radius 1 is 1.16 bits per heavy atom. The number of methoxy groups -OCH3 is 2. The maximum Gasteiger partial charge on any atom is 0.191 e. The quantitative estimate of drug-likeness (QED) is 0.488. The van der Waals surface area contributed by atoms with Crippen LogP contribution in [-0.2, 0) is 26.1 Å². The first-order valence-electron chi connectivity index (χ1n) is 11.1. The van der Waals surface area contributed by atoms with Gasteiger partial charge in [-0.2, -0.15) is 0 Å². The summed E-state index contributed by atoms with van der Waals surface area (Å²) in [5, 5.41) is 15.5. The third-order valence-electron chi connectivity index (χ3n) is 5.84. The molecule has 1 unspecified atom stereocenters. The zero-order valence-corrected chi connectivity index (χ0v) is 18.7. The highest BCUT2D eigenvalue weighted by atomic mass is 16.5. The Kier molecular flexibility index (Phi) is 6.91. The van der Waals surface area contributed by atoms with Crippen molar-refractivity contribution in [2.24, 2.45) is 4.99 Å². The molecule has 0 aliphatic carbocycles. The van der Waals surface area contributed by atoms with E-state index in [0.29, 0.717) is 12.6 Å². The van der Waals surface area contributed by atoms with Crippen molar-refractivity contribution in [1.82, 2.24) is 30.3 Å². The number of hydrogen-bond donors (Lipinski definition) is 2. The summed E-state index contributed by atoms with van der Waals surface area (Å²) in [5.41, 5.74) is 1.19. The molecular weight excluding hydrogens is 394 g/mol. The third kappa shape index (κ3) is 5.28. The number of aliphatic imine (C=N–C) groups is 1. The molecule has 1 saturated heterocycles. The minimum absolute atomic E-state index is 0.356. The van der Waals surface area contributed by atoms with Crippen molar-refractivity contribution in [2.45, 2.75) is 51.9 Å². The summed E-state index contributed by atoms with van der Waals surface area (Å²) in [6.45, 7) is 7.32. The van der Waals surface area contributed by atoms with Crippen LogP contribution in [0.4, 0.5) is 0 Å². The van der Waals surface area contributed by atoms with Crippen LogP contribution in [-0.4, -0.2) is 65.5 Å². The van der Waals surface area contributed by atoms with Crippen LogP contribution in [0.3, 0.4) is 0 Å². The molecule has 0 bridgehead atoms. The molecular formula is C22H33N7O2. The molecule has 0 saturated carbocycles. The average molecular weight is 428 g/mol. The lowest BCUT2D eigenvalue weighted by molar-refractivity contribution is 0.321. The first-order valence-corrected chi connectivity index (χ1v) is 11.1. The third-order valence-corrected chi connectivity index (χ3v) is 5.84. The molecule has 2 aromatic rings. The second-order valence-electron chi connectivity index (χ2n) is 8.07. The molecule has 1 fully saturated rings. The second-order valence-corrected chi connectivity index (χ2v) is 8.07. The molecule has 9 nitrogen and oxygen atoms in total. The van der Waals surface area contributed by atoms with E-state index in [4.69, 9.17) is 14.5 Å². The number of guanidine groups is 1. The van der Waals surface area contributed by atoms with Crippen LogP contribution in [0.2, 0.25) is 0 Å². The predicted octanol–water partition coefficient (Wildman–Crippen LogP) is 1.57. The largest absolute Gasteiger partial charge is 0.497 e. The Morgan fingerprint density at radius 2 is 1.97 bits per heavy atom. The summed E-state index contributed by atoms with van der Waals surface area (Å²) in [7, 11) is 3.37. The highest BCUT2D eigenvalue weighted by molar-refractivity contribution is 5.80. The molecule has 2 aliphatic rings. The first-order chi connectivity index (χ1) is 15.2. The number of fused-ring (bicyclic) bond motifs is 1. The molecule has 4 rings (SSSR count). The van der Waals surface area contributed by atoms with Crippen LogP contribution in [0.25, 0.3) is 0 Å². The highest BCUT2D eigenvalue weighted by Gasteiger charge is 2.24. The number of nitrogens with one attached hydrogen (secondary N) is 2. The van der Waals surface area contributed by atoms with Crippen molar-refractivity contribution in [3.8, 4) is 11.5 Å². The Balaban J connectivity index is 1.34. The van der Waals surface area contributed by atoms with Crippen LogP contribution in [0.15, 0.2) is 23.2 Å². The van der Waals surface area contributed by atoms with E-state index in [9.17, 15) is 0 Å². The standard InChI is InChI=1S/C22H33N7O2/c1-4-23-22(24-13-21-27-26-20-6-5-8-29(20)21)25-17-7-9-28(15-17)14-16-10-18(30-2)12-19(11-16)31-3/h10-12,17H,4-9,13-15H2,1-3H3,(H2,23,24,25). The van der Waals surface area contributed by atoms with E-state index in [0.717, 1.165) is 81.1 Å². The molecule has 1 aromatic heterocycles. The van der Waals surface area contributed by atoms with Gasteiger partial charge in [0.15, 0.2) is 11.8 Å². The number of ether oxygens (including phenoxy) is 2. The number of benzene rings is 1. The van der Waals surface area contributed by atoms with Gasteiger partial charge >= 0.3 is 0 Å². The van der Waals surface area contributed by atoms with Gasteiger partial charge in [-0.15, -0.1) is 10.2 Å². The minimum Gasteiger partial charge on any atom is -0.497 e. The topological polar surface area (TPSA) is 88.8 Å². The Bertz CT molecular complexity index is 889. The van der Waals surface area contributed by atoms with Crippen molar-refractivity contribution in [1.29, 1.82) is 0 Å².